The fourth-order valence-electron chi connectivity index (χ4n) is 3.05. The summed E-state index contributed by atoms with van der Waals surface area (Å²) in [6.07, 6.45) is 5.72. The van der Waals surface area contributed by atoms with Gasteiger partial charge in [0.2, 0.25) is 5.91 Å². The monoisotopic (exact) mass is 334 g/mol. The zero-order valence-corrected chi connectivity index (χ0v) is 14.4. The molecule has 0 radical (unpaired) electrons. The summed E-state index contributed by atoms with van der Waals surface area (Å²) in [5.41, 5.74) is 1.04. The van der Waals surface area contributed by atoms with Crippen molar-refractivity contribution < 1.29 is 4.79 Å². The molecule has 23 heavy (non-hydrogen) atoms. The lowest BCUT2D eigenvalue weighted by Crippen LogP contribution is -2.33. The van der Waals surface area contributed by atoms with Gasteiger partial charge in [0.15, 0.2) is 5.13 Å². The number of anilines is 1. The minimum atomic E-state index is 0.0404. The van der Waals surface area contributed by atoms with Crippen molar-refractivity contribution in [2.75, 3.05) is 18.0 Å². The summed E-state index contributed by atoms with van der Waals surface area (Å²) in [6, 6.07) is 0.469. The molecule has 124 valence electrons. The van der Waals surface area contributed by atoms with Gasteiger partial charge in [-0.1, -0.05) is 0 Å². The van der Waals surface area contributed by atoms with Crippen LogP contribution in [0.2, 0.25) is 0 Å². The van der Waals surface area contributed by atoms with E-state index in [1.54, 1.807) is 35.8 Å². The average Bonchev–Trinajstić information content (AvgIpc) is 3.24. The summed E-state index contributed by atoms with van der Waals surface area (Å²) >= 11 is 1.54. The van der Waals surface area contributed by atoms with Gasteiger partial charge in [-0.25, -0.2) is 9.97 Å². The van der Waals surface area contributed by atoms with E-state index in [4.69, 9.17) is 0 Å². The topological polar surface area (TPSA) is 67.2 Å². The Morgan fingerprint density at radius 3 is 3.09 bits per heavy atom. The van der Waals surface area contributed by atoms with Gasteiger partial charge in [-0.05, 0) is 26.3 Å². The van der Waals surface area contributed by atoms with Gasteiger partial charge in [-0.3, -0.25) is 19.3 Å². The number of carbonyl (C=O) groups is 1. The first-order valence-electron chi connectivity index (χ1n) is 7.96. The molecular formula is C15H22N6OS. The minimum Gasteiger partial charge on any atom is -0.293 e. The van der Waals surface area contributed by atoms with Crippen LogP contribution in [-0.4, -0.2) is 49.7 Å². The fourth-order valence-corrected chi connectivity index (χ4v) is 3.97. The molecule has 0 spiro atoms. The first-order chi connectivity index (χ1) is 11.2. The van der Waals surface area contributed by atoms with Crippen LogP contribution in [0.5, 0.6) is 0 Å². The van der Waals surface area contributed by atoms with E-state index in [-0.39, 0.29) is 5.91 Å². The van der Waals surface area contributed by atoms with Crippen molar-refractivity contribution in [2.24, 2.45) is 0 Å². The van der Waals surface area contributed by atoms with Crippen LogP contribution >= 0.6 is 11.3 Å². The molecule has 0 bridgehead atoms. The van der Waals surface area contributed by atoms with Gasteiger partial charge in [0, 0.05) is 31.4 Å². The van der Waals surface area contributed by atoms with E-state index in [0.717, 1.165) is 30.5 Å². The molecule has 0 unspecified atom stereocenters. The van der Waals surface area contributed by atoms with Crippen molar-refractivity contribution in [1.82, 2.24) is 24.6 Å². The van der Waals surface area contributed by atoms with Crippen LogP contribution in [0.15, 0.2) is 18.0 Å². The number of thiazole rings is 1. The highest BCUT2D eigenvalue weighted by Crippen LogP contribution is 2.25. The van der Waals surface area contributed by atoms with Crippen LogP contribution in [-0.2, 0) is 17.9 Å². The quantitative estimate of drug-likeness (QED) is 0.805. The number of likely N-dealkylation sites (tertiary alicyclic amines) is 1. The largest absolute Gasteiger partial charge is 0.293 e. The maximum absolute atomic E-state index is 11.6. The molecule has 1 aliphatic rings. The van der Waals surface area contributed by atoms with E-state index in [2.05, 4.69) is 25.3 Å². The second-order valence-corrected chi connectivity index (χ2v) is 6.61. The van der Waals surface area contributed by atoms with E-state index < -0.39 is 0 Å². The van der Waals surface area contributed by atoms with Crippen molar-refractivity contribution >= 4 is 22.4 Å². The summed E-state index contributed by atoms with van der Waals surface area (Å²) in [7, 11) is 0. The first-order valence-corrected chi connectivity index (χ1v) is 8.84. The third kappa shape index (κ3) is 3.76. The van der Waals surface area contributed by atoms with Crippen LogP contribution in [0.4, 0.5) is 5.13 Å². The van der Waals surface area contributed by atoms with Gasteiger partial charge in [0.05, 0.1) is 12.2 Å². The van der Waals surface area contributed by atoms with Crippen LogP contribution in [0.1, 0.15) is 32.4 Å². The van der Waals surface area contributed by atoms with E-state index in [0.29, 0.717) is 12.6 Å². The molecule has 1 saturated heterocycles. The van der Waals surface area contributed by atoms with Crippen LogP contribution in [0, 0.1) is 0 Å². The molecule has 0 N–H and O–H groups in total. The summed E-state index contributed by atoms with van der Waals surface area (Å²) in [6.45, 7) is 6.98. The molecule has 2 aromatic heterocycles. The zero-order chi connectivity index (χ0) is 16.2. The lowest BCUT2D eigenvalue weighted by atomic mass is 10.2. The maximum atomic E-state index is 11.6. The average molecular weight is 334 g/mol. The van der Waals surface area contributed by atoms with E-state index in [9.17, 15) is 4.79 Å². The Bertz CT molecular complexity index is 640. The van der Waals surface area contributed by atoms with Gasteiger partial charge in [-0.15, -0.1) is 11.3 Å². The Kier molecular flexibility index (Phi) is 5.02. The molecule has 2 aromatic rings. The second-order valence-electron chi connectivity index (χ2n) is 5.77. The number of rotatable bonds is 6. The van der Waals surface area contributed by atoms with Crippen molar-refractivity contribution in [3.8, 4) is 0 Å². The molecule has 1 fully saturated rings. The molecule has 0 aliphatic carbocycles. The van der Waals surface area contributed by atoms with E-state index in [1.165, 1.54) is 12.8 Å². The molecule has 3 rings (SSSR count). The number of nitrogens with zero attached hydrogens (tertiary/aromatic N) is 6. The highest BCUT2D eigenvalue weighted by molar-refractivity contribution is 7.14. The predicted octanol–water partition coefficient (Wildman–Crippen LogP) is 1.77. The molecule has 0 saturated carbocycles. The van der Waals surface area contributed by atoms with Crippen molar-refractivity contribution in [1.29, 1.82) is 0 Å². The van der Waals surface area contributed by atoms with Crippen molar-refractivity contribution in [3.63, 3.8) is 0 Å². The second kappa shape index (κ2) is 7.18. The van der Waals surface area contributed by atoms with Crippen molar-refractivity contribution in [3.05, 3.63) is 23.7 Å². The number of aromatic nitrogens is 4. The Morgan fingerprint density at radius 2 is 2.39 bits per heavy atom. The number of carbonyl (C=O) groups excluding carboxylic acids is 1. The standard InChI is InChI=1S/C15H22N6OS/c1-3-21(12(2)22)15-18-13(9-23-15)7-19-6-4-5-14(19)8-20-11-16-10-17-20/h9-11,14H,3-8H2,1-2H3/t14-/m1/s1. The van der Waals surface area contributed by atoms with Crippen molar-refractivity contribution in [2.45, 2.75) is 45.8 Å². The van der Waals surface area contributed by atoms with Crippen LogP contribution < -0.4 is 4.90 Å². The minimum absolute atomic E-state index is 0.0404. The SMILES string of the molecule is CCN(C(C)=O)c1nc(CN2CCC[C@@H]2Cn2cncn2)cs1. The summed E-state index contributed by atoms with van der Waals surface area (Å²) in [5.74, 6) is 0.0404. The van der Waals surface area contributed by atoms with Gasteiger partial charge in [-0.2, -0.15) is 5.10 Å². The molecule has 1 amide bonds. The zero-order valence-electron chi connectivity index (χ0n) is 13.6. The van der Waals surface area contributed by atoms with Gasteiger partial charge < -0.3 is 0 Å². The molecule has 1 aliphatic heterocycles. The molecule has 3 heterocycles. The third-order valence-electron chi connectivity index (χ3n) is 4.20. The van der Waals surface area contributed by atoms with E-state index >= 15 is 0 Å². The summed E-state index contributed by atoms with van der Waals surface area (Å²) in [5, 5.41) is 7.06. The van der Waals surface area contributed by atoms with Gasteiger partial charge in [0.1, 0.15) is 12.7 Å². The fraction of sp³-hybridized carbons (Fsp3) is 0.600. The normalized spacial score (nSPS) is 18.4. The smallest absolute Gasteiger partial charge is 0.225 e. The molecule has 7 nitrogen and oxygen atoms in total. The Balaban J connectivity index is 1.64. The predicted molar refractivity (Wildman–Crippen MR) is 89.3 cm³/mol. The lowest BCUT2D eigenvalue weighted by molar-refractivity contribution is -0.116. The Hall–Kier alpha value is -1.80. The lowest BCUT2D eigenvalue weighted by Gasteiger charge is -2.23. The van der Waals surface area contributed by atoms with Crippen LogP contribution in [0.3, 0.4) is 0 Å². The van der Waals surface area contributed by atoms with Crippen LogP contribution in [0.25, 0.3) is 0 Å². The highest BCUT2D eigenvalue weighted by atomic mass is 32.1. The third-order valence-corrected chi connectivity index (χ3v) is 5.11. The Labute approximate surface area is 140 Å². The number of hydrogen-bond acceptors (Lipinski definition) is 6. The Morgan fingerprint density at radius 1 is 1.52 bits per heavy atom. The maximum Gasteiger partial charge on any atom is 0.225 e. The number of amides is 1. The molecular weight excluding hydrogens is 312 g/mol. The summed E-state index contributed by atoms with van der Waals surface area (Å²) < 4.78 is 1.89. The van der Waals surface area contributed by atoms with Gasteiger partial charge >= 0.3 is 0 Å². The van der Waals surface area contributed by atoms with Gasteiger partial charge in [0.25, 0.3) is 0 Å². The number of hydrogen-bond donors (Lipinski definition) is 0. The summed E-state index contributed by atoms with van der Waals surface area (Å²) in [4.78, 5) is 24.4. The molecule has 1 atom stereocenters. The first kappa shape index (κ1) is 16.1. The highest BCUT2D eigenvalue weighted by Gasteiger charge is 2.26. The molecule has 0 aromatic carbocycles. The molecule has 8 heteroatoms. The van der Waals surface area contributed by atoms with E-state index in [1.807, 2.05) is 11.6 Å².